The van der Waals surface area contributed by atoms with E-state index in [9.17, 15) is 0 Å². The molecule has 2 aromatic carbocycles. The molecular weight excluding hydrogens is 256 g/mol. The van der Waals surface area contributed by atoms with Crippen LogP contribution in [0.1, 0.15) is 17.5 Å². The largest absolute Gasteiger partial charge is 0.494 e. The average Bonchev–Trinajstić information content (AvgIpc) is 2.43. The Morgan fingerprint density at radius 1 is 1.00 bits per heavy atom. The second-order valence-electron chi connectivity index (χ2n) is 4.73. The Hall–Kier alpha value is -1.47. The lowest BCUT2D eigenvalue weighted by Gasteiger charge is -2.09. The maximum atomic E-state index is 5.63. The Bertz CT molecular complexity index is 531. The minimum Gasteiger partial charge on any atom is -0.494 e. The summed E-state index contributed by atoms with van der Waals surface area (Å²) in [5.74, 6) is 1.54. The van der Waals surface area contributed by atoms with Gasteiger partial charge in [0, 0.05) is 5.88 Å². The molecule has 0 aliphatic rings. The molecule has 2 heteroatoms. The summed E-state index contributed by atoms with van der Waals surface area (Å²) in [4.78, 5) is 0. The smallest absolute Gasteiger partial charge is 0.119 e. The zero-order valence-corrected chi connectivity index (χ0v) is 12.2. The second kappa shape index (κ2) is 6.63. The summed E-state index contributed by atoms with van der Waals surface area (Å²) in [6.07, 6.45) is 0.875. The Morgan fingerprint density at radius 3 is 2.42 bits per heavy atom. The molecule has 2 rings (SSSR count). The lowest BCUT2D eigenvalue weighted by atomic mass is 9.98. The number of benzene rings is 2. The quantitative estimate of drug-likeness (QED) is 0.552. The SMILES string of the molecule is Cc1ccc(C)c(-c2ccc(OCCCCl)cc2)c1. The summed E-state index contributed by atoms with van der Waals surface area (Å²) in [7, 11) is 0. The first-order valence-corrected chi connectivity index (χ1v) is 7.10. The van der Waals surface area contributed by atoms with Crippen LogP contribution in [0.2, 0.25) is 0 Å². The predicted octanol–water partition coefficient (Wildman–Crippen LogP) is 4.98. The fourth-order valence-electron chi connectivity index (χ4n) is 2.02. The normalized spacial score (nSPS) is 10.5. The maximum absolute atomic E-state index is 5.63. The fourth-order valence-corrected chi connectivity index (χ4v) is 2.13. The van der Waals surface area contributed by atoms with Gasteiger partial charge in [-0.3, -0.25) is 0 Å². The molecule has 0 aromatic heterocycles. The zero-order chi connectivity index (χ0) is 13.7. The number of halogens is 1. The Morgan fingerprint density at radius 2 is 1.74 bits per heavy atom. The number of aryl methyl sites for hydroxylation is 2. The molecule has 0 radical (unpaired) electrons. The third kappa shape index (κ3) is 3.74. The Labute approximate surface area is 120 Å². The first kappa shape index (κ1) is 14.0. The molecule has 0 aliphatic heterocycles. The molecule has 100 valence electrons. The van der Waals surface area contributed by atoms with Gasteiger partial charge in [0.15, 0.2) is 0 Å². The first-order chi connectivity index (χ1) is 9.20. The van der Waals surface area contributed by atoms with Crippen LogP contribution >= 0.6 is 11.6 Å². The molecule has 0 unspecified atom stereocenters. The van der Waals surface area contributed by atoms with Gasteiger partial charge in [0.25, 0.3) is 0 Å². The van der Waals surface area contributed by atoms with Gasteiger partial charge < -0.3 is 4.74 Å². The molecule has 0 aliphatic carbocycles. The van der Waals surface area contributed by atoms with Crippen LogP contribution < -0.4 is 4.74 Å². The molecule has 0 spiro atoms. The van der Waals surface area contributed by atoms with Crippen molar-refractivity contribution in [3.63, 3.8) is 0 Å². The van der Waals surface area contributed by atoms with Gasteiger partial charge in [0.05, 0.1) is 6.61 Å². The van der Waals surface area contributed by atoms with Gasteiger partial charge in [0.1, 0.15) is 5.75 Å². The van der Waals surface area contributed by atoms with Gasteiger partial charge in [-0.05, 0) is 49.1 Å². The van der Waals surface area contributed by atoms with Gasteiger partial charge in [-0.2, -0.15) is 0 Å². The van der Waals surface area contributed by atoms with Crippen LogP contribution in [0, 0.1) is 13.8 Å². The summed E-state index contributed by atoms with van der Waals surface area (Å²) in [5, 5.41) is 0. The molecule has 19 heavy (non-hydrogen) atoms. The van der Waals surface area contributed by atoms with Crippen LogP contribution in [0.25, 0.3) is 11.1 Å². The van der Waals surface area contributed by atoms with Crippen molar-refractivity contribution in [3.05, 3.63) is 53.6 Å². The van der Waals surface area contributed by atoms with E-state index in [1.165, 1.54) is 22.3 Å². The van der Waals surface area contributed by atoms with Gasteiger partial charge in [0.2, 0.25) is 0 Å². The molecule has 0 heterocycles. The molecule has 0 N–H and O–H groups in total. The zero-order valence-electron chi connectivity index (χ0n) is 11.4. The van der Waals surface area contributed by atoms with Crippen molar-refractivity contribution >= 4 is 11.6 Å². The number of ether oxygens (including phenoxy) is 1. The van der Waals surface area contributed by atoms with E-state index in [1.807, 2.05) is 12.1 Å². The van der Waals surface area contributed by atoms with Crippen molar-refractivity contribution in [2.24, 2.45) is 0 Å². The van der Waals surface area contributed by atoms with Gasteiger partial charge in [-0.1, -0.05) is 35.9 Å². The molecule has 0 saturated carbocycles. The summed E-state index contributed by atoms with van der Waals surface area (Å²) in [5.41, 5.74) is 5.09. The van der Waals surface area contributed by atoms with Crippen molar-refractivity contribution in [2.45, 2.75) is 20.3 Å². The van der Waals surface area contributed by atoms with Crippen LogP contribution in [-0.4, -0.2) is 12.5 Å². The van der Waals surface area contributed by atoms with Crippen molar-refractivity contribution in [2.75, 3.05) is 12.5 Å². The summed E-state index contributed by atoms with van der Waals surface area (Å²) in [6.45, 7) is 4.93. The van der Waals surface area contributed by atoms with E-state index >= 15 is 0 Å². The number of hydrogen-bond acceptors (Lipinski definition) is 1. The van der Waals surface area contributed by atoms with Crippen molar-refractivity contribution < 1.29 is 4.74 Å². The van der Waals surface area contributed by atoms with E-state index in [0.29, 0.717) is 12.5 Å². The summed E-state index contributed by atoms with van der Waals surface area (Å²) in [6, 6.07) is 14.8. The van der Waals surface area contributed by atoms with Gasteiger partial charge in [-0.25, -0.2) is 0 Å². The minimum absolute atomic E-state index is 0.639. The van der Waals surface area contributed by atoms with E-state index in [4.69, 9.17) is 16.3 Å². The highest BCUT2D eigenvalue weighted by Crippen LogP contribution is 2.26. The van der Waals surface area contributed by atoms with Crippen molar-refractivity contribution in [1.29, 1.82) is 0 Å². The molecule has 0 fully saturated rings. The maximum Gasteiger partial charge on any atom is 0.119 e. The van der Waals surface area contributed by atoms with Crippen molar-refractivity contribution in [3.8, 4) is 16.9 Å². The lowest BCUT2D eigenvalue weighted by molar-refractivity contribution is 0.318. The molecule has 0 saturated heterocycles. The van der Waals surface area contributed by atoms with Crippen LogP contribution in [0.5, 0.6) is 5.75 Å². The molecule has 2 aromatic rings. The topological polar surface area (TPSA) is 9.23 Å². The Balaban J connectivity index is 2.15. The number of rotatable bonds is 5. The van der Waals surface area contributed by atoms with E-state index in [1.54, 1.807) is 0 Å². The number of hydrogen-bond donors (Lipinski definition) is 0. The van der Waals surface area contributed by atoms with E-state index in [2.05, 4.69) is 44.2 Å². The summed E-state index contributed by atoms with van der Waals surface area (Å²) >= 11 is 5.63. The van der Waals surface area contributed by atoms with Crippen LogP contribution in [-0.2, 0) is 0 Å². The third-order valence-corrected chi connectivity index (χ3v) is 3.37. The monoisotopic (exact) mass is 274 g/mol. The van der Waals surface area contributed by atoms with E-state index < -0.39 is 0 Å². The van der Waals surface area contributed by atoms with E-state index in [-0.39, 0.29) is 0 Å². The highest BCUT2D eigenvalue weighted by atomic mass is 35.5. The second-order valence-corrected chi connectivity index (χ2v) is 5.11. The average molecular weight is 275 g/mol. The Kier molecular flexibility index (Phi) is 4.86. The molecular formula is C17H19ClO. The molecule has 1 nitrogen and oxygen atoms in total. The molecule has 0 bridgehead atoms. The van der Waals surface area contributed by atoms with E-state index in [0.717, 1.165) is 12.2 Å². The van der Waals surface area contributed by atoms with Crippen LogP contribution in [0.3, 0.4) is 0 Å². The fraction of sp³-hybridized carbons (Fsp3) is 0.294. The highest BCUT2D eigenvalue weighted by molar-refractivity contribution is 6.17. The van der Waals surface area contributed by atoms with Crippen molar-refractivity contribution in [1.82, 2.24) is 0 Å². The molecule has 0 atom stereocenters. The van der Waals surface area contributed by atoms with Gasteiger partial charge >= 0.3 is 0 Å². The standard InChI is InChI=1S/C17H19ClO/c1-13-4-5-14(2)17(12-13)15-6-8-16(9-7-15)19-11-3-10-18/h4-9,12H,3,10-11H2,1-2H3. The lowest BCUT2D eigenvalue weighted by Crippen LogP contribution is -1.97. The van der Waals surface area contributed by atoms with Gasteiger partial charge in [-0.15, -0.1) is 11.6 Å². The van der Waals surface area contributed by atoms with Crippen LogP contribution in [0.4, 0.5) is 0 Å². The first-order valence-electron chi connectivity index (χ1n) is 6.57. The predicted molar refractivity (Wildman–Crippen MR) is 82.2 cm³/mol. The minimum atomic E-state index is 0.639. The summed E-state index contributed by atoms with van der Waals surface area (Å²) < 4.78 is 5.61. The molecule has 0 amide bonds. The third-order valence-electron chi connectivity index (χ3n) is 3.11. The number of alkyl halides is 1. The highest BCUT2D eigenvalue weighted by Gasteiger charge is 2.02. The van der Waals surface area contributed by atoms with Crippen LogP contribution in [0.15, 0.2) is 42.5 Å².